The Labute approximate surface area is 236 Å². The van der Waals surface area contributed by atoms with Crippen LogP contribution in [0, 0.1) is 0 Å². The van der Waals surface area contributed by atoms with Gasteiger partial charge in [-0.1, -0.05) is 6.42 Å². The van der Waals surface area contributed by atoms with Crippen LogP contribution < -0.4 is 10.6 Å². The molecule has 0 atom stereocenters. The van der Waals surface area contributed by atoms with Crippen molar-refractivity contribution in [2.24, 2.45) is 0 Å². The van der Waals surface area contributed by atoms with Crippen molar-refractivity contribution in [3.63, 3.8) is 0 Å². The molecule has 0 spiro atoms. The van der Waals surface area contributed by atoms with E-state index in [1.54, 1.807) is 13.8 Å². The molecule has 0 aliphatic carbocycles. The fourth-order valence-electron chi connectivity index (χ4n) is 4.63. The molecule has 4 amide bonds. The molecule has 1 saturated heterocycles. The molecule has 2 aliphatic rings. The minimum atomic E-state index is -3.65. The van der Waals surface area contributed by atoms with E-state index in [2.05, 4.69) is 10.6 Å². The Balaban J connectivity index is 1.57. The Morgan fingerprint density at radius 2 is 1.60 bits per heavy atom. The number of imide groups is 1. The molecule has 216 valence electrons. The molecule has 14 heteroatoms. The SMILES string of the molecule is CCOC(=O)NC(=O)c1c(NC(=O)c2ccc(S(=O)(=O)N3CCCCC3)cc2)sc2c1CCN(C(=O)OCC)C2. The van der Waals surface area contributed by atoms with Crippen LogP contribution >= 0.6 is 11.3 Å². The van der Waals surface area contributed by atoms with Gasteiger partial charge < -0.3 is 19.7 Å². The number of anilines is 1. The van der Waals surface area contributed by atoms with Crippen molar-refractivity contribution in [2.45, 2.75) is 51.0 Å². The van der Waals surface area contributed by atoms with E-state index in [1.165, 1.54) is 33.5 Å². The standard InChI is InChI=1S/C26H32N4O8S2/c1-3-37-25(33)28-23(32)21-19-12-15-29(26(34)38-4-2)16-20(19)39-24(21)27-22(31)17-8-10-18(11-9-17)40(35,36)30-13-6-5-7-14-30/h8-11H,3-7,12-16H2,1-2H3,(H,27,31)(H,28,32,33). The predicted octanol–water partition coefficient (Wildman–Crippen LogP) is 3.58. The van der Waals surface area contributed by atoms with Crippen LogP contribution in [0.15, 0.2) is 29.2 Å². The van der Waals surface area contributed by atoms with Gasteiger partial charge in [-0.15, -0.1) is 11.3 Å². The monoisotopic (exact) mass is 592 g/mol. The first-order chi connectivity index (χ1) is 19.1. The Morgan fingerprint density at radius 3 is 2.25 bits per heavy atom. The number of fused-ring (bicyclic) bond motifs is 1. The molecule has 0 radical (unpaired) electrons. The quantitative estimate of drug-likeness (QED) is 0.495. The summed E-state index contributed by atoms with van der Waals surface area (Å²) in [5.74, 6) is -1.30. The second-order valence-electron chi connectivity index (χ2n) is 9.20. The molecule has 3 heterocycles. The Bertz CT molecular complexity index is 1380. The fraction of sp³-hybridized carbons (Fsp3) is 0.462. The van der Waals surface area contributed by atoms with Crippen LogP contribution in [-0.2, 0) is 32.5 Å². The Hall–Kier alpha value is -3.49. The maximum absolute atomic E-state index is 13.2. The number of nitrogens with one attached hydrogen (secondary N) is 2. The third kappa shape index (κ3) is 6.45. The normalized spacial score (nSPS) is 15.6. The number of carbonyl (C=O) groups is 4. The Kier molecular flexibility index (Phi) is 9.43. The second-order valence-corrected chi connectivity index (χ2v) is 12.2. The molecule has 2 aromatic rings. The second kappa shape index (κ2) is 12.8. The number of thiophene rings is 1. The van der Waals surface area contributed by atoms with Crippen LogP contribution in [0.1, 0.15) is 64.3 Å². The van der Waals surface area contributed by atoms with E-state index in [1.807, 2.05) is 0 Å². The lowest BCUT2D eigenvalue weighted by molar-refractivity contribution is 0.0924. The lowest BCUT2D eigenvalue weighted by Gasteiger charge is -2.26. The zero-order valence-electron chi connectivity index (χ0n) is 22.4. The molecule has 2 N–H and O–H groups in total. The lowest BCUT2D eigenvalue weighted by atomic mass is 10.0. The van der Waals surface area contributed by atoms with E-state index in [9.17, 15) is 27.6 Å². The van der Waals surface area contributed by atoms with Crippen LogP contribution in [-0.4, -0.2) is 74.5 Å². The molecule has 0 saturated carbocycles. The van der Waals surface area contributed by atoms with Crippen molar-refractivity contribution in [3.8, 4) is 0 Å². The molecule has 0 bridgehead atoms. The van der Waals surface area contributed by atoms with Crippen molar-refractivity contribution in [1.82, 2.24) is 14.5 Å². The van der Waals surface area contributed by atoms with Crippen LogP contribution in [0.25, 0.3) is 0 Å². The van der Waals surface area contributed by atoms with Crippen LogP contribution in [0.2, 0.25) is 0 Å². The molecule has 1 aromatic carbocycles. The summed E-state index contributed by atoms with van der Waals surface area (Å²) in [7, 11) is -3.65. The largest absolute Gasteiger partial charge is 0.450 e. The molecule has 4 rings (SSSR count). The molecule has 1 fully saturated rings. The first-order valence-electron chi connectivity index (χ1n) is 13.1. The number of alkyl carbamates (subject to hydrolysis) is 1. The first-order valence-corrected chi connectivity index (χ1v) is 15.4. The first kappa shape index (κ1) is 29.5. The summed E-state index contributed by atoms with van der Waals surface area (Å²) in [5, 5.41) is 5.11. The van der Waals surface area contributed by atoms with Gasteiger partial charge in [0.15, 0.2) is 0 Å². The third-order valence-electron chi connectivity index (χ3n) is 6.60. The van der Waals surface area contributed by atoms with Crippen LogP contribution in [0.4, 0.5) is 14.6 Å². The molecule has 40 heavy (non-hydrogen) atoms. The van der Waals surface area contributed by atoms with Crippen LogP contribution in [0.5, 0.6) is 0 Å². The molecule has 2 aliphatic heterocycles. The summed E-state index contributed by atoms with van der Waals surface area (Å²) in [6.07, 6.45) is 1.54. The maximum Gasteiger partial charge on any atom is 0.414 e. The number of benzene rings is 1. The average molecular weight is 593 g/mol. The van der Waals surface area contributed by atoms with Crippen molar-refractivity contribution >= 4 is 50.4 Å². The van der Waals surface area contributed by atoms with Crippen molar-refractivity contribution in [1.29, 1.82) is 0 Å². The fourth-order valence-corrected chi connectivity index (χ4v) is 7.41. The van der Waals surface area contributed by atoms with Gasteiger partial charge >= 0.3 is 12.2 Å². The van der Waals surface area contributed by atoms with E-state index < -0.39 is 34.0 Å². The Morgan fingerprint density at radius 1 is 0.925 bits per heavy atom. The number of sulfonamides is 1. The van der Waals surface area contributed by atoms with E-state index >= 15 is 0 Å². The number of ether oxygens (including phenoxy) is 2. The summed E-state index contributed by atoms with van der Waals surface area (Å²) in [6.45, 7) is 5.02. The number of hydrogen-bond donors (Lipinski definition) is 2. The van der Waals surface area contributed by atoms with E-state index in [4.69, 9.17) is 9.47 Å². The lowest BCUT2D eigenvalue weighted by Crippen LogP contribution is -2.37. The van der Waals surface area contributed by atoms with Gasteiger partial charge in [-0.3, -0.25) is 14.9 Å². The minimum absolute atomic E-state index is 0.0719. The summed E-state index contributed by atoms with van der Waals surface area (Å²) >= 11 is 1.12. The maximum atomic E-state index is 13.2. The zero-order chi connectivity index (χ0) is 28.9. The number of hydrogen-bond acceptors (Lipinski definition) is 9. The third-order valence-corrected chi connectivity index (χ3v) is 9.64. The van der Waals surface area contributed by atoms with Crippen molar-refractivity contribution < 1.29 is 37.1 Å². The van der Waals surface area contributed by atoms with Gasteiger partial charge in [0.25, 0.3) is 11.8 Å². The van der Waals surface area contributed by atoms with Gasteiger partial charge in [-0.2, -0.15) is 4.31 Å². The summed E-state index contributed by atoms with van der Waals surface area (Å²) < 4.78 is 37.3. The molecule has 0 unspecified atom stereocenters. The number of amides is 4. The summed E-state index contributed by atoms with van der Waals surface area (Å²) in [6, 6.07) is 5.62. The zero-order valence-corrected chi connectivity index (χ0v) is 24.0. The summed E-state index contributed by atoms with van der Waals surface area (Å²) in [4.78, 5) is 52.8. The van der Waals surface area contributed by atoms with Gasteiger partial charge in [-0.05, 0) is 62.9 Å². The highest BCUT2D eigenvalue weighted by Crippen LogP contribution is 2.37. The molecular formula is C26H32N4O8S2. The van der Waals surface area contributed by atoms with E-state index in [0.29, 0.717) is 36.5 Å². The van der Waals surface area contributed by atoms with Gasteiger partial charge in [0.1, 0.15) is 5.00 Å². The van der Waals surface area contributed by atoms with E-state index in [-0.39, 0.29) is 40.8 Å². The molecule has 1 aromatic heterocycles. The smallest absolute Gasteiger partial charge is 0.414 e. The van der Waals surface area contributed by atoms with Crippen molar-refractivity contribution in [3.05, 3.63) is 45.8 Å². The van der Waals surface area contributed by atoms with Crippen LogP contribution in [0.3, 0.4) is 0 Å². The highest BCUT2D eigenvalue weighted by Gasteiger charge is 2.32. The predicted molar refractivity (Wildman–Crippen MR) is 147 cm³/mol. The van der Waals surface area contributed by atoms with Gasteiger partial charge in [0.2, 0.25) is 10.0 Å². The number of piperidine rings is 1. The summed E-state index contributed by atoms with van der Waals surface area (Å²) in [5.41, 5.74) is 0.925. The average Bonchev–Trinajstić information content (AvgIpc) is 3.30. The minimum Gasteiger partial charge on any atom is -0.450 e. The number of rotatable bonds is 7. The molecule has 12 nitrogen and oxygen atoms in total. The number of carbonyl (C=O) groups excluding carboxylic acids is 4. The van der Waals surface area contributed by atoms with E-state index in [0.717, 1.165) is 30.6 Å². The van der Waals surface area contributed by atoms with Gasteiger partial charge in [0.05, 0.1) is 30.2 Å². The number of nitrogens with zero attached hydrogens (tertiary/aromatic N) is 2. The van der Waals surface area contributed by atoms with Crippen molar-refractivity contribution in [2.75, 3.05) is 38.2 Å². The van der Waals surface area contributed by atoms with Gasteiger partial charge in [-0.25, -0.2) is 18.0 Å². The highest BCUT2D eigenvalue weighted by molar-refractivity contribution is 7.89. The van der Waals surface area contributed by atoms with Gasteiger partial charge in [0, 0.05) is 30.1 Å². The highest BCUT2D eigenvalue weighted by atomic mass is 32.2. The molecular weight excluding hydrogens is 560 g/mol. The topological polar surface area (TPSA) is 151 Å².